The van der Waals surface area contributed by atoms with Gasteiger partial charge in [0.25, 0.3) is 0 Å². The Labute approximate surface area is 193 Å². The van der Waals surface area contributed by atoms with Crippen LogP contribution in [0.3, 0.4) is 0 Å². The summed E-state index contributed by atoms with van der Waals surface area (Å²) >= 11 is 5.90. The van der Waals surface area contributed by atoms with Gasteiger partial charge in [0, 0.05) is 12.2 Å². The van der Waals surface area contributed by atoms with E-state index < -0.39 is 4.75 Å². The highest BCUT2D eigenvalue weighted by molar-refractivity contribution is 8.24. The molecule has 0 heterocycles. The molecule has 0 aliphatic rings. The van der Waals surface area contributed by atoms with Crippen LogP contribution in [0.2, 0.25) is 0 Å². The maximum absolute atomic E-state index is 9.58. The quantitative estimate of drug-likeness (QED) is 0.206. The Kier molecular flexibility index (Phi) is 14.9. The number of nitriles is 1. The lowest BCUT2D eigenvalue weighted by atomic mass is 10.1. The molecule has 1 atom stereocenters. The molecule has 5 heteroatoms. The normalized spacial score (nSPS) is 13.5. The summed E-state index contributed by atoms with van der Waals surface area (Å²) < 4.78 is 6.32. The molecular weight excluding hydrogens is 410 g/mol. The third kappa shape index (κ3) is 11.3. The van der Waals surface area contributed by atoms with Gasteiger partial charge in [-0.3, -0.25) is 0 Å². The van der Waals surface area contributed by atoms with E-state index in [9.17, 15) is 5.26 Å². The Hall–Kier alpha value is -1.09. The van der Waals surface area contributed by atoms with Crippen molar-refractivity contribution < 1.29 is 9.84 Å². The average Bonchev–Trinajstić information content (AvgIpc) is 2.76. The number of aliphatic hydroxyl groups is 1. The molecule has 1 aromatic rings. The van der Waals surface area contributed by atoms with Crippen molar-refractivity contribution in [1.82, 2.24) is 0 Å². The first-order valence-electron chi connectivity index (χ1n) is 11.6. The molecule has 0 fully saturated rings. The smallest absolute Gasteiger partial charge is 0.128 e. The molecule has 170 valence electrons. The Morgan fingerprint density at radius 2 is 1.63 bits per heavy atom. The Morgan fingerprint density at radius 3 is 2.23 bits per heavy atom. The minimum atomic E-state index is -0.524. The molecule has 1 aromatic carbocycles. The number of thiocarbonyl (C=S) groups is 1. The summed E-state index contributed by atoms with van der Waals surface area (Å²) in [5.41, 5.74) is 0.934. The van der Waals surface area contributed by atoms with Crippen molar-refractivity contribution in [3.8, 4) is 11.8 Å². The van der Waals surface area contributed by atoms with E-state index in [-0.39, 0.29) is 18.4 Å². The molecule has 3 nitrogen and oxygen atoms in total. The molecule has 1 unspecified atom stereocenters. The summed E-state index contributed by atoms with van der Waals surface area (Å²) in [6.45, 7) is 5.00. The Balaban J connectivity index is 2.36. The number of benzene rings is 1. The average molecular weight is 452 g/mol. The van der Waals surface area contributed by atoms with Crippen molar-refractivity contribution in [2.24, 2.45) is 0 Å². The molecule has 0 spiro atoms. The summed E-state index contributed by atoms with van der Waals surface area (Å²) in [6, 6.07) is 10.3. The Bertz CT molecular complexity index is 644. The van der Waals surface area contributed by atoms with E-state index in [0.717, 1.165) is 21.9 Å². The third-order valence-electron chi connectivity index (χ3n) is 5.36. The molecule has 0 aromatic heterocycles. The van der Waals surface area contributed by atoms with E-state index in [4.69, 9.17) is 22.1 Å². The summed E-state index contributed by atoms with van der Waals surface area (Å²) in [6.07, 6.45) is 14.4. The summed E-state index contributed by atoms with van der Waals surface area (Å²) in [5.74, 6) is 0.827. The summed E-state index contributed by atoms with van der Waals surface area (Å²) in [5, 5.41) is 18.7. The monoisotopic (exact) mass is 451 g/mol. The first-order valence-corrected chi connectivity index (χ1v) is 13.0. The van der Waals surface area contributed by atoms with Crippen LogP contribution in [0.4, 0.5) is 0 Å². The number of rotatable bonds is 17. The largest absolute Gasteiger partial charge is 0.493 e. The van der Waals surface area contributed by atoms with Gasteiger partial charge >= 0.3 is 0 Å². The van der Waals surface area contributed by atoms with Crippen LogP contribution in [0.25, 0.3) is 0 Å². The highest BCUT2D eigenvalue weighted by atomic mass is 32.2. The molecule has 0 bridgehead atoms. The number of unbranched alkanes of at least 4 members (excludes halogenated alkanes) is 9. The van der Waals surface area contributed by atoms with Crippen molar-refractivity contribution in [2.45, 2.75) is 95.6 Å². The van der Waals surface area contributed by atoms with Crippen LogP contribution in [-0.4, -0.2) is 27.3 Å². The summed E-state index contributed by atoms with van der Waals surface area (Å²) in [4.78, 5) is 0. The number of hydrogen-bond donors (Lipinski definition) is 1. The summed E-state index contributed by atoms with van der Waals surface area (Å²) in [7, 11) is 0. The molecule has 1 N–H and O–H groups in total. The second-order valence-electron chi connectivity index (χ2n) is 8.25. The van der Waals surface area contributed by atoms with Gasteiger partial charge in [-0.1, -0.05) is 89.1 Å². The molecule has 0 saturated heterocycles. The zero-order chi connectivity index (χ0) is 22.1. The predicted octanol–water partition coefficient (Wildman–Crippen LogP) is 6.91. The zero-order valence-electron chi connectivity index (χ0n) is 18.9. The number of para-hydroxylation sites is 1. The van der Waals surface area contributed by atoms with Gasteiger partial charge in [-0.15, -0.1) is 0 Å². The number of hydrogen-bond acceptors (Lipinski definition) is 4. The molecule has 0 saturated carbocycles. The van der Waals surface area contributed by atoms with Crippen LogP contribution in [0, 0.1) is 11.3 Å². The first-order chi connectivity index (χ1) is 14.6. The van der Waals surface area contributed by atoms with E-state index >= 15 is 0 Å². The molecule has 0 aliphatic heterocycles. The first kappa shape index (κ1) is 26.9. The molecular formula is C25H41NO2S2. The van der Waals surface area contributed by atoms with E-state index in [1.807, 2.05) is 31.2 Å². The second-order valence-corrected chi connectivity index (χ2v) is 10.9. The maximum atomic E-state index is 9.58. The molecule has 30 heavy (non-hydrogen) atoms. The highest BCUT2D eigenvalue weighted by Gasteiger charge is 2.25. The van der Waals surface area contributed by atoms with Crippen LogP contribution < -0.4 is 4.74 Å². The highest BCUT2D eigenvalue weighted by Crippen LogP contribution is 2.35. The molecule has 0 radical (unpaired) electrons. The molecule has 0 amide bonds. The van der Waals surface area contributed by atoms with Gasteiger partial charge in [-0.25, -0.2) is 11.8 Å². The van der Waals surface area contributed by atoms with E-state index in [0.29, 0.717) is 19.4 Å². The molecule has 0 aliphatic carbocycles. The van der Waals surface area contributed by atoms with Gasteiger partial charge in [0.15, 0.2) is 0 Å². The van der Waals surface area contributed by atoms with E-state index in [2.05, 4.69) is 13.0 Å². The fourth-order valence-corrected chi connectivity index (χ4v) is 5.49. The Morgan fingerprint density at radius 1 is 1.03 bits per heavy atom. The van der Waals surface area contributed by atoms with Gasteiger partial charge in [0.05, 0.1) is 21.6 Å². The fourth-order valence-electron chi connectivity index (χ4n) is 3.45. The number of aliphatic hydroxyl groups excluding tert-OH is 1. The number of nitrogens with zero attached hydrogens (tertiary/aromatic N) is 1. The second kappa shape index (κ2) is 16.6. The predicted molar refractivity (Wildman–Crippen MR) is 136 cm³/mol. The van der Waals surface area contributed by atoms with Crippen LogP contribution >= 0.6 is 24.0 Å². The maximum Gasteiger partial charge on any atom is 0.128 e. The minimum absolute atomic E-state index is 0.104. The third-order valence-corrected chi connectivity index (χ3v) is 7.29. The van der Waals surface area contributed by atoms with Gasteiger partial charge in [-0.05, 0) is 38.3 Å². The molecule has 1 rings (SSSR count). The SMILES string of the molecule is CCCCCCCCCCCCOc1ccccc1C(=S)[SH2]C(C)(C#N)CCCO. The number of ether oxygens (including phenoxy) is 1. The van der Waals surface area contributed by atoms with E-state index in [1.165, 1.54) is 57.8 Å². The zero-order valence-corrected chi connectivity index (χ0v) is 20.7. The van der Waals surface area contributed by atoms with Crippen LogP contribution in [0.5, 0.6) is 5.75 Å². The lowest BCUT2D eigenvalue weighted by Gasteiger charge is -2.24. The van der Waals surface area contributed by atoms with Crippen molar-refractivity contribution in [3.63, 3.8) is 0 Å². The van der Waals surface area contributed by atoms with Gasteiger partial charge in [0.2, 0.25) is 0 Å². The van der Waals surface area contributed by atoms with Crippen molar-refractivity contribution >= 4 is 28.2 Å². The standard InChI is InChI=1S/C25H41NO2S2/c1-3-4-5-6-7-8-9-10-11-14-20-28-23-17-13-12-16-22(23)24(29)30-25(2,21-26)18-15-19-27/h12-13,16-17,27H,3-11,14-15,18-20,30H2,1-2H3. The van der Waals surface area contributed by atoms with E-state index in [1.54, 1.807) is 0 Å². The topological polar surface area (TPSA) is 53.2 Å². The van der Waals surface area contributed by atoms with Crippen LogP contribution in [0.15, 0.2) is 24.3 Å². The van der Waals surface area contributed by atoms with Gasteiger partial charge in [0.1, 0.15) is 5.75 Å². The van der Waals surface area contributed by atoms with Crippen LogP contribution in [-0.2, 0) is 0 Å². The fraction of sp³-hybridized carbons (Fsp3) is 0.680. The minimum Gasteiger partial charge on any atom is -0.493 e. The van der Waals surface area contributed by atoms with Crippen LogP contribution in [0.1, 0.15) is 96.5 Å². The van der Waals surface area contributed by atoms with Crippen molar-refractivity contribution in [1.29, 1.82) is 5.26 Å². The van der Waals surface area contributed by atoms with Gasteiger partial charge < -0.3 is 9.84 Å². The lowest BCUT2D eigenvalue weighted by Crippen LogP contribution is -2.20. The van der Waals surface area contributed by atoms with Crippen molar-refractivity contribution in [2.75, 3.05) is 13.2 Å². The van der Waals surface area contributed by atoms with Crippen molar-refractivity contribution in [3.05, 3.63) is 29.8 Å². The van der Waals surface area contributed by atoms with Gasteiger partial charge in [-0.2, -0.15) is 5.26 Å². The lowest BCUT2D eigenvalue weighted by molar-refractivity contribution is 0.282.